The van der Waals surface area contributed by atoms with E-state index in [0.29, 0.717) is 41.8 Å². The first kappa shape index (κ1) is 22.4. The van der Waals surface area contributed by atoms with E-state index in [-0.39, 0.29) is 32.3 Å². The maximum absolute atomic E-state index is 12.1. The molecule has 2 heterocycles. The minimum Gasteiger partial charge on any atom is -0.497 e. The summed E-state index contributed by atoms with van der Waals surface area (Å²) in [6, 6.07) is 12.5. The molecular weight excluding hydrogens is 430 g/mol. The van der Waals surface area contributed by atoms with Gasteiger partial charge in [-0.2, -0.15) is 4.98 Å². The number of aryl methyl sites for hydroxylation is 1. The molecule has 0 saturated heterocycles. The third-order valence-corrected chi connectivity index (χ3v) is 4.93. The van der Waals surface area contributed by atoms with E-state index in [2.05, 4.69) is 15.5 Å². The fraction of sp³-hybridized carbons (Fsp3) is 0.348. The summed E-state index contributed by atoms with van der Waals surface area (Å²) in [6.45, 7) is 0.311. The van der Waals surface area contributed by atoms with Crippen molar-refractivity contribution in [3.8, 4) is 34.4 Å². The number of carbonyl (C=O) groups is 1. The molecule has 2 aromatic carbocycles. The molecular formula is C23H25N3O7. The molecule has 0 saturated carbocycles. The molecule has 33 heavy (non-hydrogen) atoms. The van der Waals surface area contributed by atoms with Crippen molar-refractivity contribution in [3.05, 3.63) is 48.4 Å². The summed E-state index contributed by atoms with van der Waals surface area (Å²) in [6.07, 6.45) is 0.449. The van der Waals surface area contributed by atoms with Gasteiger partial charge in [0.05, 0.1) is 7.11 Å². The minimum atomic E-state index is -0.845. The lowest BCUT2D eigenvalue weighted by atomic mass is 10.2. The van der Waals surface area contributed by atoms with Crippen LogP contribution in [0.1, 0.15) is 18.7 Å². The summed E-state index contributed by atoms with van der Waals surface area (Å²) in [7, 11) is 1.60. The fourth-order valence-electron chi connectivity index (χ4n) is 3.15. The number of hydrogen-bond acceptors (Lipinski definition) is 9. The monoisotopic (exact) mass is 455 g/mol. The maximum atomic E-state index is 12.1. The Morgan fingerprint density at radius 3 is 2.76 bits per heavy atom. The molecule has 1 atom stereocenters. The number of aliphatic hydroxyl groups excluding tert-OH is 1. The van der Waals surface area contributed by atoms with E-state index in [1.54, 1.807) is 25.3 Å². The van der Waals surface area contributed by atoms with Gasteiger partial charge in [0.15, 0.2) is 11.5 Å². The number of amides is 1. The van der Waals surface area contributed by atoms with Crippen LogP contribution in [-0.2, 0) is 11.2 Å². The highest BCUT2D eigenvalue weighted by Gasteiger charge is 2.15. The number of hydrogen-bond donors (Lipinski definition) is 2. The van der Waals surface area contributed by atoms with Gasteiger partial charge in [0.2, 0.25) is 24.4 Å². The molecule has 1 aromatic heterocycles. The molecule has 0 aliphatic carbocycles. The van der Waals surface area contributed by atoms with Crippen molar-refractivity contribution in [2.75, 3.05) is 27.1 Å². The van der Waals surface area contributed by atoms with Gasteiger partial charge < -0.3 is 33.9 Å². The molecule has 10 nitrogen and oxygen atoms in total. The van der Waals surface area contributed by atoms with Crippen molar-refractivity contribution in [3.63, 3.8) is 0 Å². The lowest BCUT2D eigenvalue weighted by molar-refractivity contribution is -0.121. The summed E-state index contributed by atoms with van der Waals surface area (Å²) in [5.41, 5.74) is 0.820. The van der Waals surface area contributed by atoms with Gasteiger partial charge in [0.25, 0.3) is 0 Å². The summed E-state index contributed by atoms with van der Waals surface area (Å²) >= 11 is 0. The molecule has 1 aliphatic heterocycles. The Morgan fingerprint density at radius 2 is 1.94 bits per heavy atom. The second kappa shape index (κ2) is 10.7. The van der Waals surface area contributed by atoms with Crippen LogP contribution in [0.3, 0.4) is 0 Å². The number of carbonyl (C=O) groups excluding carboxylic acids is 1. The van der Waals surface area contributed by atoms with E-state index in [0.717, 1.165) is 11.3 Å². The van der Waals surface area contributed by atoms with Gasteiger partial charge in [0, 0.05) is 31.0 Å². The van der Waals surface area contributed by atoms with Gasteiger partial charge in [-0.3, -0.25) is 4.79 Å². The Kier molecular flexibility index (Phi) is 7.26. The molecule has 0 fully saturated rings. The summed E-state index contributed by atoms with van der Waals surface area (Å²) in [4.78, 5) is 16.4. The van der Waals surface area contributed by atoms with Crippen molar-refractivity contribution in [1.82, 2.24) is 15.5 Å². The number of rotatable bonds is 11. The second-order valence-corrected chi connectivity index (χ2v) is 7.38. The molecule has 1 unspecified atom stereocenters. The number of nitrogens with one attached hydrogen (secondary N) is 1. The van der Waals surface area contributed by atoms with E-state index < -0.39 is 6.10 Å². The molecule has 1 aliphatic rings. The van der Waals surface area contributed by atoms with Gasteiger partial charge in [-0.25, -0.2) is 0 Å². The van der Waals surface area contributed by atoms with Crippen LogP contribution in [0.4, 0.5) is 0 Å². The van der Waals surface area contributed by atoms with E-state index >= 15 is 0 Å². The number of aromatic nitrogens is 2. The molecule has 174 valence electrons. The van der Waals surface area contributed by atoms with Crippen LogP contribution in [0.2, 0.25) is 0 Å². The zero-order valence-electron chi connectivity index (χ0n) is 18.2. The zero-order valence-corrected chi connectivity index (χ0v) is 18.2. The fourth-order valence-corrected chi connectivity index (χ4v) is 3.15. The van der Waals surface area contributed by atoms with Gasteiger partial charge in [0.1, 0.15) is 24.2 Å². The SMILES string of the molecule is COc1ccc(-c2noc(CCCC(=O)NCC(O)COc3ccc4c(c3)OCO4)n2)cc1. The summed E-state index contributed by atoms with van der Waals surface area (Å²) < 4.78 is 26.5. The van der Waals surface area contributed by atoms with Gasteiger partial charge in [-0.05, 0) is 42.8 Å². The first-order valence-corrected chi connectivity index (χ1v) is 10.5. The smallest absolute Gasteiger partial charge is 0.231 e. The highest BCUT2D eigenvalue weighted by Crippen LogP contribution is 2.35. The average Bonchev–Trinajstić information content (AvgIpc) is 3.51. The predicted octanol–water partition coefficient (Wildman–Crippen LogP) is 2.35. The summed E-state index contributed by atoms with van der Waals surface area (Å²) in [5.74, 6) is 3.34. The molecule has 0 radical (unpaired) electrons. The van der Waals surface area contributed by atoms with Crippen LogP contribution in [0.5, 0.6) is 23.0 Å². The Bertz CT molecular complexity index is 1070. The lowest BCUT2D eigenvalue weighted by Crippen LogP contribution is -2.35. The molecule has 0 spiro atoms. The van der Waals surface area contributed by atoms with Crippen molar-refractivity contribution < 1.29 is 33.4 Å². The molecule has 4 rings (SSSR count). The van der Waals surface area contributed by atoms with Crippen LogP contribution < -0.4 is 24.3 Å². The molecule has 1 amide bonds. The standard InChI is InChI=1S/C23H25N3O7/c1-29-17-7-5-15(6-8-17)23-25-22(33-26-23)4-2-3-21(28)24-12-16(27)13-30-18-9-10-19-20(11-18)32-14-31-19/h5-11,16,27H,2-4,12-14H2,1H3,(H,24,28). The Hall–Kier alpha value is -3.79. The normalized spacial score (nSPS) is 12.9. The van der Waals surface area contributed by atoms with Gasteiger partial charge in [-0.15, -0.1) is 0 Å². The highest BCUT2D eigenvalue weighted by atomic mass is 16.7. The first-order valence-electron chi connectivity index (χ1n) is 10.5. The number of fused-ring (bicyclic) bond motifs is 1. The lowest BCUT2D eigenvalue weighted by Gasteiger charge is -2.13. The van der Waals surface area contributed by atoms with Crippen LogP contribution in [-0.4, -0.2) is 54.3 Å². The summed E-state index contributed by atoms with van der Waals surface area (Å²) in [5, 5.41) is 16.7. The van der Waals surface area contributed by atoms with E-state index in [4.69, 9.17) is 23.5 Å². The number of ether oxygens (including phenoxy) is 4. The first-order chi connectivity index (χ1) is 16.1. The highest BCUT2D eigenvalue weighted by molar-refractivity contribution is 5.75. The van der Waals surface area contributed by atoms with Gasteiger partial charge in [-0.1, -0.05) is 5.16 Å². The minimum absolute atomic E-state index is 0.0377. The number of methoxy groups -OCH3 is 1. The predicted molar refractivity (Wildman–Crippen MR) is 116 cm³/mol. The van der Waals surface area contributed by atoms with Crippen LogP contribution >= 0.6 is 0 Å². The molecule has 0 bridgehead atoms. The quantitative estimate of drug-likeness (QED) is 0.448. The largest absolute Gasteiger partial charge is 0.497 e. The number of benzene rings is 2. The van der Waals surface area contributed by atoms with Gasteiger partial charge >= 0.3 is 0 Å². The number of aliphatic hydroxyl groups is 1. The topological polar surface area (TPSA) is 125 Å². The Balaban J connectivity index is 1.13. The van der Waals surface area contributed by atoms with E-state index in [1.807, 2.05) is 24.3 Å². The molecule has 10 heteroatoms. The van der Waals surface area contributed by atoms with Crippen molar-refractivity contribution in [2.45, 2.75) is 25.4 Å². The molecule has 2 N–H and O–H groups in total. The third-order valence-electron chi connectivity index (χ3n) is 4.93. The second-order valence-electron chi connectivity index (χ2n) is 7.38. The van der Waals surface area contributed by atoms with Crippen LogP contribution in [0, 0.1) is 0 Å². The third kappa shape index (κ3) is 6.13. The zero-order chi connectivity index (χ0) is 23.0. The Labute approximate surface area is 190 Å². The van der Waals surface area contributed by atoms with E-state index in [9.17, 15) is 9.90 Å². The van der Waals surface area contributed by atoms with Crippen molar-refractivity contribution >= 4 is 5.91 Å². The van der Waals surface area contributed by atoms with Crippen LogP contribution in [0.25, 0.3) is 11.4 Å². The van der Waals surface area contributed by atoms with Crippen molar-refractivity contribution in [1.29, 1.82) is 0 Å². The Morgan fingerprint density at radius 1 is 1.15 bits per heavy atom. The van der Waals surface area contributed by atoms with Crippen molar-refractivity contribution in [2.24, 2.45) is 0 Å². The van der Waals surface area contributed by atoms with E-state index in [1.165, 1.54) is 0 Å². The average molecular weight is 455 g/mol. The van der Waals surface area contributed by atoms with Crippen LogP contribution in [0.15, 0.2) is 47.0 Å². The molecule has 3 aromatic rings. The maximum Gasteiger partial charge on any atom is 0.231 e. The number of nitrogens with zero attached hydrogens (tertiary/aromatic N) is 2.